The fourth-order valence-corrected chi connectivity index (χ4v) is 3.44. The second-order valence-electron chi connectivity index (χ2n) is 6.36. The first-order valence-corrected chi connectivity index (χ1v) is 8.53. The van der Waals surface area contributed by atoms with Crippen LogP contribution in [0.2, 0.25) is 0 Å². The van der Waals surface area contributed by atoms with E-state index in [1.807, 2.05) is 12.1 Å². The van der Waals surface area contributed by atoms with Crippen LogP contribution in [0.1, 0.15) is 0 Å². The first kappa shape index (κ1) is 16.0. The average molecular weight is 373 g/mol. The topological polar surface area (TPSA) is 123 Å². The van der Waals surface area contributed by atoms with Gasteiger partial charge in [0, 0.05) is 6.20 Å². The molecule has 0 aliphatic carbocycles. The van der Waals surface area contributed by atoms with Crippen LogP contribution in [0.15, 0.2) is 61.1 Å². The van der Waals surface area contributed by atoms with E-state index in [0.717, 1.165) is 11.0 Å². The zero-order valence-corrected chi connectivity index (χ0v) is 14.5. The summed E-state index contributed by atoms with van der Waals surface area (Å²) in [6.07, 6.45) is 3.18. The number of nitrogens with zero attached hydrogens (tertiary/aromatic N) is 3. The molecule has 0 saturated carbocycles. The Bertz CT molecular complexity index is 1300. The summed E-state index contributed by atoms with van der Waals surface area (Å²) in [5.41, 5.74) is 4.24. The molecule has 28 heavy (non-hydrogen) atoms. The summed E-state index contributed by atoms with van der Waals surface area (Å²) in [5, 5.41) is 38.3. The van der Waals surface area contributed by atoms with E-state index < -0.39 is 0 Å². The molecule has 0 aliphatic heterocycles. The minimum atomic E-state index is -0.318. The van der Waals surface area contributed by atoms with Crippen LogP contribution >= 0.6 is 0 Å². The Morgan fingerprint density at radius 1 is 0.964 bits per heavy atom. The molecule has 3 heterocycles. The van der Waals surface area contributed by atoms with E-state index in [9.17, 15) is 15.3 Å². The van der Waals surface area contributed by atoms with Crippen molar-refractivity contribution in [3.05, 3.63) is 61.1 Å². The first-order chi connectivity index (χ1) is 13.6. The summed E-state index contributed by atoms with van der Waals surface area (Å²) < 4.78 is 1.53. The Kier molecular flexibility index (Phi) is 3.38. The van der Waals surface area contributed by atoms with Crippen molar-refractivity contribution in [3.63, 3.8) is 0 Å². The van der Waals surface area contributed by atoms with Gasteiger partial charge in [0.15, 0.2) is 5.75 Å². The van der Waals surface area contributed by atoms with Crippen molar-refractivity contribution in [1.82, 2.24) is 24.7 Å². The molecule has 0 aliphatic rings. The third-order valence-electron chi connectivity index (χ3n) is 4.67. The number of aromatic hydroxyl groups is 3. The van der Waals surface area contributed by atoms with Gasteiger partial charge in [0.05, 0.1) is 40.0 Å². The lowest BCUT2D eigenvalue weighted by Crippen LogP contribution is -1.98. The summed E-state index contributed by atoms with van der Waals surface area (Å²) in [5.74, 6) is -0.555. The predicted molar refractivity (Wildman–Crippen MR) is 103 cm³/mol. The zero-order chi connectivity index (χ0) is 19.3. The maximum Gasteiger partial charge on any atom is 0.240 e. The van der Waals surface area contributed by atoms with E-state index in [-0.39, 0.29) is 17.4 Å². The SMILES string of the molecule is Oc1cccc(-c2c(O)c(O)n(-c3ccc4nc[nH]c4c3)c2-c2ccn[nH]2)c1. The third kappa shape index (κ3) is 2.32. The summed E-state index contributed by atoms with van der Waals surface area (Å²) >= 11 is 0. The molecule has 5 N–H and O–H groups in total. The van der Waals surface area contributed by atoms with Crippen molar-refractivity contribution in [2.45, 2.75) is 0 Å². The quantitative estimate of drug-likeness (QED) is 0.331. The molecule has 0 unspecified atom stereocenters. The Morgan fingerprint density at radius 2 is 1.86 bits per heavy atom. The van der Waals surface area contributed by atoms with Gasteiger partial charge in [-0.25, -0.2) is 4.98 Å². The molecule has 0 fully saturated rings. The predicted octanol–water partition coefficient (Wildman–Crippen LogP) is 3.53. The normalized spacial score (nSPS) is 11.3. The number of H-pyrrole nitrogens is 2. The highest BCUT2D eigenvalue weighted by Gasteiger charge is 2.26. The smallest absolute Gasteiger partial charge is 0.240 e. The van der Waals surface area contributed by atoms with Gasteiger partial charge in [0.2, 0.25) is 5.88 Å². The van der Waals surface area contributed by atoms with E-state index in [4.69, 9.17) is 0 Å². The number of nitrogens with one attached hydrogen (secondary N) is 2. The van der Waals surface area contributed by atoms with Crippen LogP contribution < -0.4 is 0 Å². The second-order valence-corrected chi connectivity index (χ2v) is 6.36. The number of hydrogen-bond donors (Lipinski definition) is 5. The lowest BCUT2D eigenvalue weighted by atomic mass is 10.0. The van der Waals surface area contributed by atoms with Gasteiger partial charge in [-0.1, -0.05) is 12.1 Å². The van der Waals surface area contributed by atoms with E-state index >= 15 is 0 Å². The Morgan fingerprint density at radius 3 is 2.64 bits per heavy atom. The molecule has 0 bridgehead atoms. The van der Waals surface area contributed by atoms with E-state index in [1.54, 1.807) is 42.9 Å². The van der Waals surface area contributed by atoms with E-state index in [2.05, 4.69) is 20.2 Å². The molecule has 3 aromatic heterocycles. The first-order valence-electron chi connectivity index (χ1n) is 8.53. The molecular weight excluding hydrogens is 358 g/mol. The highest BCUT2D eigenvalue weighted by molar-refractivity contribution is 5.90. The zero-order valence-electron chi connectivity index (χ0n) is 14.5. The molecule has 138 valence electrons. The summed E-state index contributed by atoms with van der Waals surface area (Å²) in [6.45, 7) is 0. The van der Waals surface area contributed by atoms with Gasteiger partial charge >= 0.3 is 0 Å². The number of aromatic amines is 2. The summed E-state index contributed by atoms with van der Waals surface area (Å²) in [6, 6.07) is 13.7. The monoisotopic (exact) mass is 373 g/mol. The van der Waals surface area contributed by atoms with Gasteiger partial charge in [-0.05, 0) is 42.0 Å². The standard InChI is InChI=1S/C20H15N5O3/c26-13-3-1-2-11(8-13)17-18(15-6-7-23-24-15)25(20(28)19(17)27)12-4-5-14-16(9-12)22-10-21-14/h1-10,26-28H,(H,21,22)(H,23,24). The van der Waals surface area contributed by atoms with Crippen molar-refractivity contribution >= 4 is 11.0 Å². The molecule has 2 aromatic carbocycles. The van der Waals surface area contributed by atoms with Gasteiger partial charge in [-0.3, -0.25) is 9.67 Å². The van der Waals surface area contributed by atoms with Gasteiger partial charge < -0.3 is 20.3 Å². The fourth-order valence-electron chi connectivity index (χ4n) is 3.44. The van der Waals surface area contributed by atoms with Crippen LogP contribution in [-0.2, 0) is 0 Å². The Balaban J connectivity index is 1.85. The minimum absolute atomic E-state index is 0.0542. The lowest BCUT2D eigenvalue weighted by molar-refractivity contribution is 0.388. The largest absolute Gasteiger partial charge is 0.508 e. The van der Waals surface area contributed by atoms with Gasteiger partial charge in [-0.15, -0.1) is 0 Å². The molecular formula is C20H15N5O3. The van der Waals surface area contributed by atoms with Crippen molar-refractivity contribution in [2.24, 2.45) is 0 Å². The van der Waals surface area contributed by atoms with Crippen molar-refractivity contribution in [3.8, 4) is 45.6 Å². The van der Waals surface area contributed by atoms with Crippen LogP contribution in [0.3, 0.4) is 0 Å². The molecule has 0 atom stereocenters. The average Bonchev–Trinajstić information content (AvgIpc) is 3.42. The highest BCUT2D eigenvalue weighted by Crippen LogP contribution is 2.48. The number of aromatic nitrogens is 5. The minimum Gasteiger partial charge on any atom is -0.508 e. The molecule has 8 nitrogen and oxygen atoms in total. The van der Waals surface area contributed by atoms with Crippen LogP contribution in [0, 0.1) is 0 Å². The number of rotatable bonds is 3. The number of fused-ring (bicyclic) bond motifs is 1. The fraction of sp³-hybridized carbons (Fsp3) is 0. The maximum atomic E-state index is 10.8. The van der Waals surface area contributed by atoms with Crippen molar-refractivity contribution < 1.29 is 15.3 Å². The molecule has 5 aromatic rings. The van der Waals surface area contributed by atoms with Crippen LogP contribution in [0.4, 0.5) is 0 Å². The van der Waals surface area contributed by atoms with E-state index in [1.165, 1.54) is 10.6 Å². The van der Waals surface area contributed by atoms with Crippen LogP contribution in [0.25, 0.3) is 39.2 Å². The molecule has 0 radical (unpaired) electrons. The molecule has 0 saturated heterocycles. The Labute approximate surface area is 158 Å². The highest BCUT2D eigenvalue weighted by atomic mass is 16.3. The van der Waals surface area contributed by atoms with Crippen molar-refractivity contribution in [1.29, 1.82) is 0 Å². The molecule has 8 heteroatoms. The summed E-state index contributed by atoms with van der Waals surface area (Å²) in [4.78, 5) is 7.25. The second kappa shape index (κ2) is 5.92. The number of hydrogen-bond acceptors (Lipinski definition) is 5. The maximum absolute atomic E-state index is 10.8. The molecule has 0 spiro atoms. The van der Waals surface area contributed by atoms with Crippen LogP contribution in [-0.4, -0.2) is 40.1 Å². The molecule has 5 rings (SSSR count). The van der Waals surface area contributed by atoms with Gasteiger partial charge in [0.25, 0.3) is 0 Å². The van der Waals surface area contributed by atoms with Crippen molar-refractivity contribution in [2.75, 3.05) is 0 Å². The number of phenols is 1. The number of phenolic OH excluding ortho intramolecular Hbond substituents is 1. The van der Waals surface area contributed by atoms with Gasteiger partial charge in [0.1, 0.15) is 5.75 Å². The Hall–Kier alpha value is -4.20. The number of benzene rings is 2. The lowest BCUT2D eigenvalue weighted by Gasteiger charge is -2.11. The molecule has 0 amide bonds. The third-order valence-corrected chi connectivity index (χ3v) is 4.67. The summed E-state index contributed by atoms with van der Waals surface area (Å²) in [7, 11) is 0. The van der Waals surface area contributed by atoms with Gasteiger partial charge in [-0.2, -0.15) is 5.10 Å². The van der Waals surface area contributed by atoms with Crippen LogP contribution in [0.5, 0.6) is 17.4 Å². The number of imidazole rings is 1. The van der Waals surface area contributed by atoms with E-state index in [0.29, 0.717) is 28.2 Å².